The zero-order valence-electron chi connectivity index (χ0n) is 44.7. The summed E-state index contributed by atoms with van der Waals surface area (Å²) in [5.74, 6) is -0.653. The van der Waals surface area contributed by atoms with Crippen LogP contribution in [0.25, 0.3) is 0 Å². The lowest BCUT2D eigenvalue weighted by Gasteiger charge is -2.15. The Morgan fingerprint density at radius 2 is 0.571 bits per heavy atom. The second kappa shape index (κ2) is 58.8. The topological polar surface area (TPSA) is 72.8 Å². The highest BCUT2D eigenvalue weighted by Gasteiger charge is 2.16. The van der Waals surface area contributed by atoms with Crippen molar-refractivity contribution in [3.8, 4) is 0 Å². The highest BCUT2D eigenvalue weighted by atomic mass is 16.6. The first-order chi connectivity index (χ1) is 34.6. The molecule has 0 bridgehead atoms. The van der Waals surface area contributed by atoms with Crippen molar-refractivity contribution in [2.45, 2.75) is 225 Å². The maximum atomic E-state index is 12.3. The number of hydrogen-bond donors (Lipinski definition) is 1. The van der Waals surface area contributed by atoms with Gasteiger partial charge in [0.1, 0.15) is 6.61 Å². The Morgan fingerprint density at radius 1 is 0.329 bits per heavy atom. The van der Waals surface area contributed by atoms with Gasteiger partial charge >= 0.3 is 11.9 Å². The lowest BCUT2D eigenvalue weighted by Crippen LogP contribution is -2.28. The molecule has 0 saturated carbocycles. The fourth-order valence-electron chi connectivity index (χ4n) is 7.18. The largest absolute Gasteiger partial charge is 0.462 e. The molecule has 0 aromatic rings. The Kier molecular flexibility index (Phi) is 55.1. The molecule has 0 aromatic heterocycles. The van der Waals surface area contributed by atoms with Crippen molar-refractivity contribution in [2.24, 2.45) is 0 Å². The van der Waals surface area contributed by atoms with Crippen molar-refractivity contribution in [1.29, 1.82) is 0 Å². The molecule has 0 radical (unpaired) electrons. The highest BCUT2D eigenvalue weighted by molar-refractivity contribution is 5.70. The van der Waals surface area contributed by atoms with Crippen molar-refractivity contribution >= 4 is 11.9 Å². The second-order valence-electron chi connectivity index (χ2n) is 17.9. The van der Waals surface area contributed by atoms with Gasteiger partial charge in [0.15, 0.2) is 6.10 Å². The van der Waals surface area contributed by atoms with Gasteiger partial charge in [-0.25, -0.2) is 0 Å². The average Bonchev–Trinajstić information content (AvgIpc) is 3.36. The molecule has 392 valence electrons. The molecule has 1 unspecified atom stereocenters. The molecule has 0 fully saturated rings. The van der Waals surface area contributed by atoms with E-state index in [-0.39, 0.29) is 25.2 Å². The van der Waals surface area contributed by atoms with E-state index in [1.54, 1.807) is 0 Å². The molecule has 5 heteroatoms. The smallest absolute Gasteiger partial charge is 0.306 e. The average molecular weight is 964 g/mol. The molecule has 1 N–H and O–H groups in total. The molecular weight excluding hydrogens is 861 g/mol. The molecule has 0 saturated heterocycles. The molecule has 0 aliphatic rings. The van der Waals surface area contributed by atoms with Gasteiger partial charge in [0.05, 0.1) is 6.61 Å². The first-order valence-corrected chi connectivity index (χ1v) is 28.0. The summed E-state index contributed by atoms with van der Waals surface area (Å²) >= 11 is 0. The fraction of sp³-hybridized carbons (Fsp3) is 0.569. The van der Waals surface area contributed by atoms with E-state index in [9.17, 15) is 14.7 Å². The lowest BCUT2D eigenvalue weighted by atomic mass is 10.0. The number of rotatable bonds is 49. The van der Waals surface area contributed by atoms with Crippen LogP contribution in [0.2, 0.25) is 0 Å². The minimum absolute atomic E-state index is 0.0986. The summed E-state index contributed by atoms with van der Waals surface area (Å²) in [6, 6.07) is 0. The number of ether oxygens (including phenoxy) is 2. The minimum Gasteiger partial charge on any atom is -0.462 e. The van der Waals surface area contributed by atoms with Crippen LogP contribution in [-0.4, -0.2) is 36.4 Å². The lowest BCUT2D eigenvalue weighted by molar-refractivity contribution is -0.161. The van der Waals surface area contributed by atoms with Crippen molar-refractivity contribution in [1.82, 2.24) is 0 Å². The van der Waals surface area contributed by atoms with Crippen LogP contribution in [0.1, 0.15) is 219 Å². The summed E-state index contributed by atoms with van der Waals surface area (Å²) in [6.45, 7) is 3.86. The van der Waals surface area contributed by atoms with Crippen LogP contribution in [0.15, 0.2) is 158 Å². The van der Waals surface area contributed by atoms with E-state index in [2.05, 4.69) is 172 Å². The third-order valence-electron chi connectivity index (χ3n) is 11.3. The standard InChI is InChI=1S/C65H102O5/c1-3-5-7-9-11-13-15-17-19-21-23-25-26-27-28-29-30-31-32-33-34-35-36-37-38-40-42-44-46-48-50-52-54-56-58-60-65(68)70-63(61-66)62-69-64(67)59-57-55-53-51-49-47-45-43-41-39-24-22-20-18-16-14-12-10-8-6-4-2/h5-8,11-14,17-20,23-25,27-28,30-31,33-34,39,43,45,49,51,63,66H,3-4,9-10,15-16,21-22,26,29,32,35-38,40-42,44,46-48,50,52-62H2,1-2H3/b7-5-,8-6-,13-11-,14-12-,19-17-,20-18-,25-23-,28-27-,31-30-,34-33-,39-24-,45-43-,51-49-. The number of allylic oxidation sites excluding steroid dienone is 26. The second-order valence-corrected chi connectivity index (χ2v) is 17.9. The number of carbonyl (C=O) groups excluding carboxylic acids is 2. The van der Waals surface area contributed by atoms with E-state index in [1.165, 1.54) is 70.6 Å². The molecular formula is C65H102O5. The molecule has 0 spiro atoms. The Balaban J connectivity index is 3.60. The number of hydrogen-bond acceptors (Lipinski definition) is 5. The van der Waals surface area contributed by atoms with Gasteiger partial charge in [-0.15, -0.1) is 0 Å². The van der Waals surface area contributed by atoms with Gasteiger partial charge in [0, 0.05) is 12.8 Å². The van der Waals surface area contributed by atoms with E-state index in [4.69, 9.17) is 9.47 Å². The number of carbonyl (C=O) groups is 2. The van der Waals surface area contributed by atoms with Gasteiger partial charge in [0.2, 0.25) is 0 Å². The van der Waals surface area contributed by atoms with Gasteiger partial charge < -0.3 is 14.6 Å². The van der Waals surface area contributed by atoms with Gasteiger partial charge in [-0.05, 0) is 122 Å². The third kappa shape index (κ3) is 56.1. The van der Waals surface area contributed by atoms with E-state index in [0.717, 1.165) is 122 Å². The summed E-state index contributed by atoms with van der Waals surface area (Å²) < 4.78 is 10.7. The van der Waals surface area contributed by atoms with Crippen molar-refractivity contribution in [2.75, 3.05) is 13.2 Å². The number of unbranched alkanes of at least 4 members (excludes halogenated alkanes) is 15. The maximum Gasteiger partial charge on any atom is 0.306 e. The molecule has 0 amide bonds. The molecule has 5 nitrogen and oxygen atoms in total. The molecule has 0 aliphatic heterocycles. The number of esters is 2. The van der Waals surface area contributed by atoms with Crippen LogP contribution in [0, 0.1) is 0 Å². The molecule has 0 aromatic carbocycles. The van der Waals surface area contributed by atoms with E-state index >= 15 is 0 Å². The van der Waals surface area contributed by atoms with E-state index in [0.29, 0.717) is 12.8 Å². The van der Waals surface area contributed by atoms with Gasteiger partial charge in [-0.3, -0.25) is 9.59 Å². The Labute approximate surface area is 430 Å². The third-order valence-corrected chi connectivity index (χ3v) is 11.3. The monoisotopic (exact) mass is 963 g/mol. The molecule has 1 atom stereocenters. The van der Waals surface area contributed by atoms with E-state index in [1.807, 2.05) is 0 Å². The van der Waals surface area contributed by atoms with Crippen LogP contribution in [0.5, 0.6) is 0 Å². The maximum absolute atomic E-state index is 12.3. The van der Waals surface area contributed by atoms with Gasteiger partial charge in [-0.1, -0.05) is 242 Å². The van der Waals surface area contributed by atoms with E-state index < -0.39 is 6.10 Å². The Hall–Kier alpha value is -4.48. The zero-order chi connectivity index (χ0) is 50.6. The van der Waals surface area contributed by atoms with Crippen LogP contribution in [0.4, 0.5) is 0 Å². The van der Waals surface area contributed by atoms with Crippen molar-refractivity contribution in [3.63, 3.8) is 0 Å². The summed E-state index contributed by atoms with van der Waals surface area (Å²) in [4.78, 5) is 24.5. The summed E-state index contributed by atoms with van der Waals surface area (Å²) in [6.07, 6.45) is 90.7. The predicted molar refractivity (Wildman–Crippen MR) is 306 cm³/mol. The quantitative estimate of drug-likeness (QED) is 0.0374. The normalized spacial score (nSPS) is 13.5. The first kappa shape index (κ1) is 65.5. The predicted octanol–water partition coefficient (Wildman–Crippen LogP) is 19.2. The summed E-state index contributed by atoms with van der Waals surface area (Å²) in [5.41, 5.74) is 0. The Morgan fingerprint density at radius 3 is 0.886 bits per heavy atom. The minimum atomic E-state index is -0.803. The Bertz CT molecular complexity index is 1560. The summed E-state index contributed by atoms with van der Waals surface area (Å²) in [5, 5.41) is 9.64. The van der Waals surface area contributed by atoms with Crippen molar-refractivity contribution in [3.05, 3.63) is 158 Å². The molecule has 70 heavy (non-hydrogen) atoms. The SMILES string of the molecule is CC/C=C\C/C=C\C/C=C\C/C=C\C/C=C\C/C=C\C/C=C\CCCCCCCCCCCCCCCC(=O)OC(CO)COC(=O)CCCC/C=C\C/C=C\C/C=C\C/C=C\C/C=C\C/C=C\CC. The van der Waals surface area contributed by atoms with Crippen LogP contribution in [0.3, 0.4) is 0 Å². The van der Waals surface area contributed by atoms with Crippen LogP contribution >= 0.6 is 0 Å². The molecule has 0 heterocycles. The van der Waals surface area contributed by atoms with Gasteiger partial charge in [-0.2, -0.15) is 0 Å². The number of aliphatic hydroxyl groups is 1. The molecule has 0 aliphatic carbocycles. The number of aliphatic hydroxyl groups excluding tert-OH is 1. The highest BCUT2D eigenvalue weighted by Crippen LogP contribution is 2.14. The van der Waals surface area contributed by atoms with Crippen LogP contribution in [-0.2, 0) is 19.1 Å². The summed E-state index contributed by atoms with van der Waals surface area (Å²) in [7, 11) is 0. The van der Waals surface area contributed by atoms with Gasteiger partial charge in [0.25, 0.3) is 0 Å². The zero-order valence-corrected chi connectivity index (χ0v) is 44.7. The van der Waals surface area contributed by atoms with Crippen LogP contribution < -0.4 is 0 Å². The molecule has 0 rings (SSSR count). The van der Waals surface area contributed by atoms with Crippen molar-refractivity contribution < 1.29 is 24.2 Å². The fourth-order valence-corrected chi connectivity index (χ4v) is 7.18. The first-order valence-electron chi connectivity index (χ1n) is 28.0.